The van der Waals surface area contributed by atoms with Gasteiger partial charge in [-0.2, -0.15) is 0 Å². The lowest BCUT2D eigenvalue weighted by molar-refractivity contribution is 0.108. The first kappa shape index (κ1) is 21.8. The zero-order chi connectivity index (χ0) is 20.5. The molecule has 3 rings (SSSR count). The van der Waals surface area contributed by atoms with Gasteiger partial charge < -0.3 is 4.74 Å². The molecule has 0 saturated carbocycles. The van der Waals surface area contributed by atoms with Gasteiger partial charge in [0.25, 0.3) is 0 Å². The quantitative estimate of drug-likeness (QED) is 0.246. The maximum Gasteiger partial charge on any atom is 0.219 e. The number of hydrogen-bond donors (Lipinski definition) is 0. The number of thioether (sulfide) groups is 1. The van der Waals surface area contributed by atoms with Gasteiger partial charge in [-0.05, 0) is 54.8 Å². The fourth-order valence-corrected chi connectivity index (χ4v) is 4.30. The number of alkyl halides is 1. The molecule has 0 aliphatic rings. The maximum atomic E-state index is 12.7. The van der Waals surface area contributed by atoms with Gasteiger partial charge in [0.2, 0.25) is 5.12 Å². The number of carbonyl (C=O) groups is 1. The second-order valence-electron chi connectivity index (χ2n) is 6.57. The van der Waals surface area contributed by atoms with Crippen molar-refractivity contribution in [3.63, 3.8) is 0 Å². The minimum atomic E-state index is 0.0792. The SMILES string of the molecule is O=C(SC(CCCCCl)c1ccc(Oc2ccc(Cl)cc2)cc1)c1ccccc1. The molecule has 0 aliphatic carbocycles. The lowest BCUT2D eigenvalue weighted by Crippen LogP contribution is -2.01. The Morgan fingerprint density at radius 3 is 2.10 bits per heavy atom. The molecular weight excluding hydrogens is 423 g/mol. The molecule has 0 saturated heterocycles. The normalized spacial score (nSPS) is 11.8. The van der Waals surface area contributed by atoms with E-state index >= 15 is 0 Å². The second-order valence-corrected chi connectivity index (χ2v) is 8.56. The van der Waals surface area contributed by atoms with Crippen LogP contribution in [0.3, 0.4) is 0 Å². The number of hydrogen-bond acceptors (Lipinski definition) is 3. The molecule has 3 aromatic carbocycles. The molecule has 0 N–H and O–H groups in total. The van der Waals surface area contributed by atoms with Crippen molar-refractivity contribution in [3.05, 3.63) is 95.0 Å². The van der Waals surface area contributed by atoms with E-state index in [0.29, 0.717) is 10.9 Å². The molecule has 5 heteroatoms. The Morgan fingerprint density at radius 2 is 1.48 bits per heavy atom. The van der Waals surface area contributed by atoms with Crippen molar-refractivity contribution in [1.82, 2.24) is 0 Å². The van der Waals surface area contributed by atoms with Crippen LogP contribution in [0, 0.1) is 0 Å². The summed E-state index contributed by atoms with van der Waals surface area (Å²) < 4.78 is 5.87. The standard InChI is InChI=1S/C24H22Cl2O2S/c25-17-5-4-8-23(29-24(27)19-6-2-1-3-7-19)18-9-13-21(14-10-18)28-22-15-11-20(26)12-16-22/h1-3,6-7,9-16,23H,4-5,8,17H2. The number of carbonyl (C=O) groups excluding carboxylic acids is 1. The van der Waals surface area contributed by atoms with Crippen LogP contribution in [-0.2, 0) is 0 Å². The van der Waals surface area contributed by atoms with Gasteiger partial charge in [-0.1, -0.05) is 72.2 Å². The van der Waals surface area contributed by atoms with Crippen LogP contribution in [0.1, 0.15) is 40.4 Å². The lowest BCUT2D eigenvalue weighted by Gasteiger charge is -2.17. The predicted molar refractivity (Wildman–Crippen MR) is 124 cm³/mol. The zero-order valence-electron chi connectivity index (χ0n) is 15.9. The van der Waals surface area contributed by atoms with E-state index in [1.807, 2.05) is 66.7 Å². The molecular formula is C24H22Cl2O2S. The summed E-state index contributed by atoms with van der Waals surface area (Å²) in [5.74, 6) is 2.11. The summed E-state index contributed by atoms with van der Waals surface area (Å²) in [6, 6.07) is 24.6. The Labute approximate surface area is 186 Å². The van der Waals surface area contributed by atoms with Crippen molar-refractivity contribution < 1.29 is 9.53 Å². The molecule has 3 aromatic rings. The molecule has 0 radical (unpaired) electrons. The molecule has 0 amide bonds. The van der Waals surface area contributed by atoms with Crippen LogP contribution in [-0.4, -0.2) is 11.0 Å². The van der Waals surface area contributed by atoms with Crippen LogP contribution in [0.15, 0.2) is 78.9 Å². The molecule has 0 aliphatic heterocycles. The molecule has 2 nitrogen and oxygen atoms in total. The van der Waals surface area contributed by atoms with E-state index in [1.54, 1.807) is 12.1 Å². The van der Waals surface area contributed by atoms with Gasteiger partial charge in [0.1, 0.15) is 11.5 Å². The first-order chi connectivity index (χ1) is 14.2. The van der Waals surface area contributed by atoms with Crippen LogP contribution in [0.25, 0.3) is 0 Å². The minimum Gasteiger partial charge on any atom is -0.457 e. The van der Waals surface area contributed by atoms with E-state index in [0.717, 1.165) is 41.9 Å². The van der Waals surface area contributed by atoms with Crippen molar-refractivity contribution in [2.75, 3.05) is 5.88 Å². The second kappa shape index (κ2) is 11.3. The highest BCUT2D eigenvalue weighted by Gasteiger charge is 2.18. The van der Waals surface area contributed by atoms with Gasteiger partial charge in [-0.15, -0.1) is 11.6 Å². The number of unbranched alkanes of at least 4 members (excludes halogenated alkanes) is 1. The summed E-state index contributed by atoms with van der Waals surface area (Å²) >= 11 is 13.1. The van der Waals surface area contributed by atoms with Crippen LogP contribution in [0.5, 0.6) is 11.5 Å². The number of halogens is 2. The van der Waals surface area contributed by atoms with Crippen molar-refractivity contribution in [1.29, 1.82) is 0 Å². The van der Waals surface area contributed by atoms with Gasteiger partial charge in [0.05, 0.1) is 0 Å². The van der Waals surface area contributed by atoms with Crippen LogP contribution < -0.4 is 4.74 Å². The summed E-state index contributed by atoms with van der Waals surface area (Å²) in [5.41, 5.74) is 1.83. The van der Waals surface area contributed by atoms with Crippen LogP contribution in [0.2, 0.25) is 5.02 Å². The van der Waals surface area contributed by atoms with E-state index in [-0.39, 0.29) is 10.4 Å². The van der Waals surface area contributed by atoms with Crippen molar-refractivity contribution in [2.45, 2.75) is 24.5 Å². The Morgan fingerprint density at radius 1 is 0.862 bits per heavy atom. The van der Waals surface area contributed by atoms with Gasteiger partial charge >= 0.3 is 0 Å². The maximum absolute atomic E-state index is 12.7. The Balaban J connectivity index is 1.70. The Bertz CT molecular complexity index is 896. The topological polar surface area (TPSA) is 26.3 Å². The summed E-state index contributed by atoms with van der Waals surface area (Å²) in [5, 5.41) is 0.839. The van der Waals surface area contributed by atoms with E-state index in [4.69, 9.17) is 27.9 Å². The highest BCUT2D eigenvalue weighted by molar-refractivity contribution is 8.14. The molecule has 1 unspecified atom stereocenters. The molecule has 0 bridgehead atoms. The Kier molecular flexibility index (Phi) is 8.48. The summed E-state index contributed by atoms with van der Waals surface area (Å²) in [6.45, 7) is 0. The fraction of sp³-hybridized carbons (Fsp3) is 0.208. The van der Waals surface area contributed by atoms with Crippen molar-refractivity contribution in [2.24, 2.45) is 0 Å². The molecule has 29 heavy (non-hydrogen) atoms. The smallest absolute Gasteiger partial charge is 0.219 e. The third kappa shape index (κ3) is 6.81. The van der Waals surface area contributed by atoms with Crippen LogP contribution in [0.4, 0.5) is 0 Å². The van der Waals surface area contributed by atoms with Crippen molar-refractivity contribution >= 4 is 40.1 Å². The van der Waals surface area contributed by atoms with Gasteiger partial charge in [0.15, 0.2) is 0 Å². The highest BCUT2D eigenvalue weighted by Crippen LogP contribution is 2.37. The lowest BCUT2D eigenvalue weighted by atomic mass is 10.1. The molecule has 0 heterocycles. The predicted octanol–water partition coefficient (Wildman–Crippen LogP) is 8.16. The molecule has 0 spiro atoms. The fourth-order valence-electron chi connectivity index (χ4n) is 2.88. The van der Waals surface area contributed by atoms with E-state index in [9.17, 15) is 4.79 Å². The van der Waals surface area contributed by atoms with Gasteiger partial charge in [-0.3, -0.25) is 4.79 Å². The van der Waals surface area contributed by atoms with E-state index in [2.05, 4.69) is 0 Å². The largest absolute Gasteiger partial charge is 0.457 e. The number of rotatable bonds is 9. The average molecular weight is 445 g/mol. The summed E-state index contributed by atoms with van der Waals surface area (Å²) in [6.07, 6.45) is 2.81. The molecule has 0 fully saturated rings. The van der Waals surface area contributed by atoms with Crippen LogP contribution >= 0.6 is 35.0 Å². The third-order valence-corrected chi connectivity index (χ3v) is 6.17. The summed E-state index contributed by atoms with van der Waals surface area (Å²) in [7, 11) is 0. The van der Waals surface area contributed by atoms with Crippen molar-refractivity contribution in [3.8, 4) is 11.5 Å². The molecule has 150 valence electrons. The third-order valence-electron chi connectivity index (χ3n) is 4.41. The number of ether oxygens (including phenoxy) is 1. The summed E-state index contributed by atoms with van der Waals surface area (Å²) in [4.78, 5) is 12.7. The van der Waals surface area contributed by atoms with E-state index < -0.39 is 0 Å². The Hall–Kier alpha value is -1.94. The van der Waals surface area contributed by atoms with E-state index in [1.165, 1.54) is 11.8 Å². The molecule has 1 atom stereocenters. The first-order valence-electron chi connectivity index (χ1n) is 9.51. The molecule has 0 aromatic heterocycles. The average Bonchev–Trinajstić information content (AvgIpc) is 2.76. The monoisotopic (exact) mass is 444 g/mol. The van der Waals surface area contributed by atoms with Gasteiger partial charge in [0, 0.05) is 21.7 Å². The first-order valence-corrected chi connectivity index (χ1v) is 11.3. The zero-order valence-corrected chi connectivity index (χ0v) is 18.2. The van der Waals surface area contributed by atoms with Gasteiger partial charge in [-0.25, -0.2) is 0 Å². The minimum absolute atomic E-state index is 0.0792. The highest BCUT2D eigenvalue weighted by atomic mass is 35.5. The number of benzene rings is 3.